The fourth-order valence-corrected chi connectivity index (χ4v) is 5.53. The number of rotatable bonds is 8. The van der Waals surface area contributed by atoms with Gasteiger partial charge in [0.2, 0.25) is 11.8 Å². The third-order valence-corrected chi connectivity index (χ3v) is 8.18. The van der Waals surface area contributed by atoms with Gasteiger partial charge in [-0.25, -0.2) is 0 Å². The van der Waals surface area contributed by atoms with Crippen molar-refractivity contribution in [2.24, 2.45) is 0 Å². The van der Waals surface area contributed by atoms with Crippen LogP contribution in [0.15, 0.2) is 60.7 Å². The number of hydrogen-bond acceptors (Lipinski definition) is 6. The van der Waals surface area contributed by atoms with E-state index in [0.717, 1.165) is 29.8 Å². The van der Waals surface area contributed by atoms with Gasteiger partial charge in [-0.05, 0) is 29.3 Å². The van der Waals surface area contributed by atoms with Crippen LogP contribution in [0, 0.1) is 0 Å². The molecule has 0 saturated carbocycles. The molecule has 2 aliphatic rings. The topological polar surface area (TPSA) is 91.4 Å². The zero-order valence-corrected chi connectivity index (χ0v) is 25.0. The van der Waals surface area contributed by atoms with Gasteiger partial charge in [-0.15, -0.1) is 0 Å². The molecule has 0 aromatic heterocycles. The predicted molar refractivity (Wildman–Crippen MR) is 163 cm³/mol. The van der Waals surface area contributed by atoms with Gasteiger partial charge in [0.05, 0.1) is 35.0 Å². The summed E-state index contributed by atoms with van der Waals surface area (Å²) in [5.74, 6) is -0.347. The Morgan fingerprint density at radius 1 is 1.02 bits per heavy atom. The fourth-order valence-electron chi connectivity index (χ4n) is 5.22. The van der Waals surface area contributed by atoms with Crippen LogP contribution in [0.25, 0.3) is 11.1 Å². The van der Waals surface area contributed by atoms with E-state index in [0.29, 0.717) is 41.9 Å². The third kappa shape index (κ3) is 6.71. The van der Waals surface area contributed by atoms with Crippen LogP contribution in [-0.2, 0) is 19.1 Å². The molecule has 11 heteroatoms. The highest BCUT2D eigenvalue weighted by Crippen LogP contribution is 2.39. The zero-order valence-electron chi connectivity index (χ0n) is 23.4. The minimum atomic E-state index is -0.344. The minimum Gasteiger partial charge on any atom is -0.482 e. The molecule has 9 nitrogen and oxygen atoms in total. The summed E-state index contributed by atoms with van der Waals surface area (Å²) in [5.41, 5.74) is 3.83. The third-order valence-electron chi connectivity index (χ3n) is 7.45. The number of benzene rings is 3. The van der Waals surface area contributed by atoms with E-state index in [4.69, 9.17) is 32.7 Å². The van der Waals surface area contributed by atoms with Crippen LogP contribution < -0.4 is 15.0 Å². The molecule has 0 spiro atoms. The van der Waals surface area contributed by atoms with Crippen LogP contribution in [0.5, 0.6) is 5.75 Å². The molecule has 220 valence electrons. The van der Waals surface area contributed by atoms with Crippen molar-refractivity contribution in [3.8, 4) is 16.9 Å². The Morgan fingerprint density at radius 2 is 1.76 bits per heavy atom. The Labute approximate surface area is 254 Å². The summed E-state index contributed by atoms with van der Waals surface area (Å²) in [6, 6.07) is 18.4. The van der Waals surface area contributed by atoms with E-state index in [-0.39, 0.29) is 41.9 Å². The average molecular weight is 612 g/mol. The number of morpholine rings is 1. The van der Waals surface area contributed by atoms with Crippen LogP contribution in [0.3, 0.4) is 0 Å². The number of nitrogens with one attached hydrogen (secondary N) is 1. The molecular formula is C31H32Cl2N4O5. The number of anilines is 2. The summed E-state index contributed by atoms with van der Waals surface area (Å²) in [4.78, 5) is 43.9. The van der Waals surface area contributed by atoms with Gasteiger partial charge in [0.1, 0.15) is 12.3 Å². The van der Waals surface area contributed by atoms with Crippen LogP contribution in [0.1, 0.15) is 18.5 Å². The van der Waals surface area contributed by atoms with Crippen molar-refractivity contribution in [1.82, 2.24) is 9.80 Å². The second-order valence-corrected chi connectivity index (χ2v) is 11.1. The van der Waals surface area contributed by atoms with Crippen molar-refractivity contribution < 1.29 is 23.9 Å². The molecule has 1 N–H and O–H groups in total. The highest BCUT2D eigenvalue weighted by molar-refractivity contribution is 6.42. The number of halogens is 2. The van der Waals surface area contributed by atoms with Gasteiger partial charge in [-0.3, -0.25) is 24.2 Å². The molecule has 1 fully saturated rings. The summed E-state index contributed by atoms with van der Waals surface area (Å²) in [7, 11) is 1.76. The number of carbonyl (C=O) groups excluding carboxylic acids is 3. The van der Waals surface area contributed by atoms with Crippen molar-refractivity contribution >= 4 is 52.3 Å². The number of para-hydroxylation sites is 1. The van der Waals surface area contributed by atoms with Crippen LogP contribution >= 0.6 is 23.2 Å². The quantitative estimate of drug-likeness (QED) is 0.391. The number of fused-ring (bicyclic) bond motifs is 1. The van der Waals surface area contributed by atoms with Gasteiger partial charge < -0.3 is 19.7 Å². The van der Waals surface area contributed by atoms with Crippen molar-refractivity contribution in [3.05, 3.63) is 76.3 Å². The van der Waals surface area contributed by atoms with E-state index in [1.165, 1.54) is 11.8 Å². The fraction of sp³-hybridized carbons (Fsp3) is 0.323. The molecule has 0 aliphatic carbocycles. The van der Waals surface area contributed by atoms with Gasteiger partial charge >= 0.3 is 0 Å². The summed E-state index contributed by atoms with van der Waals surface area (Å²) in [5, 5.41) is 3.47. The SMILES string of the molecule is CC(=O)Nc1ccccc1-c1cccc([C@@H](CN2CCOCC2)N(C)C(=O)CN2C(=O)COc3cc(Cl)c(Cl)cc32)c1. The molecule has 2 heterocycles. The Morgan fingerprint density at radius 3 is 2.52 bits per heavy atom. The molecule has 5 rings (SSSR count). The first-order valence-electron chi connectivity index (χ1n) is 13.7. The summed E-state index contributed by atoms with van der Waals surface area (Å²) < 4.78 is 11.1. The molecule has 0 unspecified atom stereocenters. The van der Waals surface area contributed by atoms with Crippen molar-refractivity contribution in [3.63, 3.8) is 0 Å². The van der Waals surface area contributed by atoms with Crippen LogP contribution in [0.2, 0.25) is 10.0 Å². The Kier molecular flexibility index (Phi) is 9.33. The molecule has 1 atom stereocenters. The average Bonchev–Trinajstić information content (AvgIpc) is 2.98. The molecule has 3 aromatic rings. The Bertz CT molecular complexity index is 1490. The maximum Gasteiger partial charge on any atom is 0.265 e. The number of hydrogen-bond donors (Lipinski definition) is 1. The van der Waals surface area contributed by atoms with Gasteiger partial charge in [0.25, 0.3) is 5.91 Å². The lowest BCUT2D eigenvalue weighted by molar-refractivity contribution is -0.133. The highest BCUT2D eigenvalue weighted by Gasteiger charge is 2.32. The number of amides is 3. The highest BCUT2D eigenvalue weighted by atomic mass is 35.5. The smallest absolute Gasteiger partial charge is 0.265 e. The summed E-state index contributed by atoms with van der Waals surface area (Å²) in [6.45, 7) is 4.41. The van der Waals surface area contributed by atoms with E-state index in [9.17, 15) is 14.4 Å². The monoisotopic (exact) mass is 610 g/mol. The van der Waals surface area contributed by atoms with E-state index < -0.39 is 0 Å². The van der Waals surface area contributed by atoms with E-state index >= 15 is 0 Å². The largest absolute Gasteiger partial charge is 0.482 e. The van der Waals surface area contributed by atoms with Crippen molar-refractivity contribution in [1.29, 1.82) is 0 Å². The maximum absolute atomic E-state index is 13.8. The molecule has 42 heavy (non-hydrogen) atoms. The van der Waals surface area contributed by atoms with E-state index in [1.54, 1.807) is 24.1 Å². The minimum absolute atomic E-state index is 0.156. The first-order chi connectivity index (χ1) is 20.2. The van der Waals surface area contributed by atoms with Crippen molar-refractivity contribution in [2.75, 3.05) is 63.3 Å². The number of ether oxygens (including phenoxy) is 2. The molecule has 2 aliphatic heterocycles. The number of nitrogens with zero attached hydrogens (tertiary/aromatic N) is 3. The van der Waals surface area contributed by atoms with Gasteiger partial charge in [0.15, 0.2) is 6.61 Å². The first-order valence-corrected chi connectivity index (χ1v) is 14.4. The predicted octanol–water partition coefficient (Wildman–Crippen LogP) is 4.88. The standard InChI is InChI=1S/C31H32Cl2N4O5/c1-20(38)34-26-9-4-3-8-23(26)21-6-5-7-22(14-21)28(17-36-10-12-41-13-11-36)35(2)30(39)18-37-27-15-24(32)25(33)16-29(27)42-19-31(37)40/h3-9,14-16,28H,10-13,17-19H2,1-2H3,(H,34,38)/t28-/m1/s1. The normalized spacial score (nSPS) is 15.9. The Hall–Kier alpha value is -3.63. The van der Waals surface area contributed by atoms with E-state index in [1.807, 2.05) is 48.5 Å². The molecule has 0 radical (unpaired) electrons. The lowest BCUT2D eigenvalue weighted by atomic mass is 9.97. The maximum atomic E-state index is 13.8. The molecule has 3 aromatic carbocycles. The summed E-state index contributed by atoms with van der Waals surface area (Å²) >= 11 is 12.4. The second-order valence-electron chi connectivity index (χ2n) is 10.3. The Balaban J connectivity index is 1.45. The summed E-state index contributed by atoms with van der Waals surface area (Å²) in [6.07, 6.45) is 0. The molecular weight excluding hydrogens is 579 g/mol. The van der Waals surface area contributed by atoms with Crippen LogP contribution in [0.4, 0.5) is 11.4 Å². The molecule has 1 saturated heterocycles. The van der Waals surface area contributed by atoms with Crippen LogP contribution in [-0.4, -0.2) is 80.6 Å². The molecule has 0 bridgehead atoms. The van der Waals surface area contributed by atoms with Gasteiger partial charge in [0, 0.05) is 50.9 Å². The van der Waals surface area contributed by atoms with E-state index in [2.05, 4.69) is 10.2 Å². The van der Waals surface area contributed by atoms with Gasteiger partial charge in [-0.2, -0.15) is 0 Å². The zero-order chi connectivity index (χ0) is 29.8. The lowest BCUT2D eigenvalue weighted by Crippen LogP contribution is -2.48. The number of carbonyl (C=O) groups is 3. The lowest BCUT2D eigenvalue weighted by Gasteiger charge is -2.37. The second kappa shape index (κ2) is 13.1. The molecule has 3 amide bonds. The van der Waals surface area contributed by atoms with Crippen molar-refractivity contribution in [2.45, 2.75) is 13.0 Å². The first kappa shape index (κ1) is 29.8. The van der Waals surface area contributed by atoms with Gasteiger partial charge in [-0.1, -0.05) is 59.6 Å². The number of likely N-dealkylation sites (N-methyl/N-ethyl adjacent to an activating group) is 1.